The molecule has 0 radical (unpaired) electrons. The maximum absolute atomic E-state index is 13.2. The van der Waals surface area contributed by atoms with Crippen LogP contribution in [0.2, 0.25) is 0 Å². The highest BCUT2D eigenvalue weighted by Crippen LogP contribution is 2.51. The molecule has 9 amide bonds. The molecule has 12 heterocycles. The van der Waals surface area contributed by atoms with Crippen LogP contribution in [0.25, 0.3) is 65.9 Å². The molecule has 20 rings (SSSR count). The zero-order chi connectivity index (χ0) is 82.0. The van der Waals surface area contributed by atoms with Gasteiger partial charge >= 0.3 is 5.97 Å². The molecule has 2 spiro atoms. The van der Waals surface area contributed by atoms with Gasteiger partial charge in [-0.25, -0.2) is 9.97 Å². The molecule has 4 N–H and O–H groups in total. The Hall–Kier alpha value is -12.3. The minimum Gasteiger partial charge on any atom is -0.494 e. The Kier molecular flexibility index (Phi) is 21.1. The number of ether oxygens (including phenoxy) is 6. The molecule has 4 saturated heterocycles. The minimum absolute atomic E-state index is 0.000929. The fourth-order valence-corrected chi connectivity index (χ4v) is 18.4. The monoisotopic (exact) mass is 1610 g/mol. The lowest BCUT2D eigenvalue weighted by Crippen LogP contribution is -2.66. The highest BCUT2D eigenvalue weighted by Gasteiger charge is 2.56. The Bertz CT molecular complexity index is 5730. The Morgan fingerprint density at radius 1 is 0.462 bits per heavy atom. The van der Waals surface area contributed by atoms with Crippen molar-refractivity contribution in [2.45, 2.75) is 139 Å². The van der Waals surface area contributed by atoms with E-state index in [2.05, 4.69) is 95.5 Å². The van der Waals surface area contributed by atoms with Gasteiger partial charge in [0.15, 0.2) is 0 Å². The molecule has 10 aliphatic rings. The number of hydrogen-bond acceptors (Lipinski definition) is 21. The molecule has 612 valence electrons. The number of aliphatic carboxylic acids is 1. The molecule has 10 aromatic rings. The first-order valence-electron chi connectivity index (χ1n) is 41.0. The summed E-state index contributed by atoms with van der Waals surface area (Å²) in [5, 5.41) is 21.3. The van der Waals surface area contributed by atoms with E-state index in [0.717, 1.165) is 149 Å². The fourth-order valence-electron chi connectivity index (χ4n) is 18.4. The maximum atomic E-state index is 13.2. The van der Waals surface area contributed by atoms with Crippen LogP contribution in [0.1, 0.15) is 144 Å². The number of pyridine rings is 4. The summed E-state index contributed by atoms with van der Waals surface area (Å²) in [7, 11) is 4.14. The Balaban J connectivity index is 0.000000136. The third-order valence-electron chi connectivity index (χ3n) is 25.4. The van der Waals surface area contributed by atoms with E-state index < -0.39 is 65.3 Å². The molecular weight excluding hydrogens is 1520 g/mol. The van der Waals surface area contributed by atoms with E-state index in [1.54, 1.807) is 42.6 Å². The van der Waals surface area contributed by atoms with Crippen molar-refractivity contribution in [3.8, 4) is 45.5 Å². The van der Waals surface area contributed by atoms with Crippen molar-refractivity contribution < 1.29 is 81.5 Å². The molecule has 6 aliphatic heterocycles. The predicted octanol–water partition coefficient (Wildman–Crippen LogP) is 10.3. The molecule has 4 saturated carbocycles. The van der Waals surface area contributed by atoms with Crippen molar-refractivity contribution in [2.24, 2.45) is 36.8 Å². The molecule has 8 fully saturated rings. The van der Waals surface area contributed by atoms with E-state index >= 15 is 0 Å². The number of likely N-dealkylation sites (tertiary alicyclic amines) is 1. The number of fused-ring (bicyclic) bond motifs is 8. The van der Waals surface area contributed by atoms with Gasteiger partial charge < -0.3 is 52.9 Å². The zero-order valence-corrected chi connectivity index (χ0v) is 65.9. The van der Waals surface area contributed by atoms with Crippen molar-refractivity contribution in [1.29, 1.82) is 0 Å². The number of rotatable bonds is 24. The van der Waals surface area contributed by atoms with Gasteiger partial charge in [0.1, 0.15) is 35.8 Å². The van der Waals surface area contributed by atoms with Gasteiger partial charge in [0.2, 0.25) is 41.3 Å². The topological polar surface area (TPSA) is 354 Å². The second kappa shape index (κ2) is 32.2. The largest absolute Gasteiger partial charge is 0.494 e. The number of imide groups is 4. The van der Waals surface area contributed by atoms with Gasteiger partial charge in [-0.05, 0) is 174 Å². The van der Waals surface area contributed by atoms with Crippen molar-refractivity contribution in [3.05, 3.63) is 169 Å². The summed E-state index contributed by atoms with van der Waals surface area (Å²) in [6.07, 6.45) is 22.1. The van der Waals surface area contributed by atoms with Gasteiger partial charge in [0.25, 0.3) is 23.6 Å². The van der Waals surface area contributed by atoms with Crippen LogP contribution in [0.15, 0.2) is 146 Å². The molecule has 6 aromatic heterocycles. The Morgan fingerprint density at radius 3 is 1.33 bits per heavy atom. The first-order chi connectivity index (χ1) is 57.7. The first-order valence-corrected chi connectivity index (χ1v) is 41.0. The number of aromatic nitrogens is 6. The molecular formula is C90H90N12O17. The Labute approximate surface area is 683 Å². The second-order valence-corrected chi connectivity index (χ2v) is 33.3. The second-order valence-electron chi connectivity index (χ2n) is 33.3. The summed E-state index contributed by atoms with van der Waals surface area (Å²) in [5.74, 6) is -2.90. The van der Waals surface area contributed by atoms with Gasteiger partial charge in [-0.15, -0.1) is 0 Å². The summed E-state index contributed by atoms with van der Waals surface area (Å²) in [4.78, 5) is 144. The highest BCUT2D eigenvalue weighted by molar-refractivity contribution is 6.25. The summed E-state index contributed by atoms with van der Waals surface area (Å²) in [5.41, 5.74) is 10.4. The normalized spacial score (nSPS) is 22.5. The number of carbonyl (C=O) groups excluding carboxylic acids is 9. The van der Waals surface area contributed by atoms with Gasteiger partial charge in [-0.1, -0.05) is 24.3 Å². The van der Waals surface area contributed by atoms with E-state index in [9.17, 15) is 47.9 Å². The number of nitrogens with one attached hydrogen (secondary N) is 3. The molecule has 0 bridgehead atoms. The SMILES string of the molecule is Cn1c2ccncc2c2ccc(-c3ccc(OC4CC(C(=O)N5CC6(CC(OCCCCOc7ccc8c(c7)C(=O)N(C7CCC(=O)NC7=O)C8=O)C6)C5)C4)nc3)cc21.Cn1c2ccncc2c2ccc(-c3ccc(OC4CC(C(=O)O)C4)nc3)cc21.O=C1CCC(N2C(=O)c3ccc(OCCCCOC4CC5(CNC5)C4)cc3C2=O)C(=O)N1. The van der Waals surface area contributed by atoms with Crippen LogP contribution in [0.4, 0.5) is 0 Å². The number of benzene rings is 4. The fraction of sp³-hybridized carbons (Fsp3) is 0.400. The standard InChI is InChI=1S/C45H44N6O8.C23H27N3O6.C22H19N3O3/c1-49-36-12-13-46-23-35(36)32-7-4-26(18-38(32)49)27-5-11-40(47-22-27)59-30-16-28(17-30)42(54)50-24-45(25-50)20-31(21-45)58-15-3-2-14-57-29-6-8-33-34(19-29)44(56)51(43(33)55)37-9-10-39(52)48-41(37)53;27-19-6-5-18(20(28)25-19)26-21(29)16-4-3-14(9-17(16)22(26)30)31-7-1-2-8-32-15-10-23(11-15)12-24-13-23;1-25-19-6-7-23-12-18(19)17-4-2-13(10-20(17)25)14-3-5-21(24-11-14)28-16-8-15(9-16)22(26)27/h4-8,11-13,18-19,22-23,28,30-31,37H,2-3,9-10,14-17,20-21,24-25H2,1H3,(H,48,52,53);3-4,9,15,18,24H,1-2,5-8,10-13H2,(H,25,27,28);2-7,10-12,15-16H,8-9H2,1H3,(H,26,27). The summed E-state index contributed by atoms with van der Waals surface area (Å²) in [6, 6.07) is 32.2. The number of hydrogen-bond donors (Lipinski definition) is 4. The quantitative estimate of drug-likeness (QED) is 0.0322. The third kappa shape index (κ3) is 15.4. The van der Waals surface area contributed by atoms with Crippen LogP contribution in [-0.4, -0.2) is 197 Å². The van der Waals surface area contributed by atoms with Crippen LogP contribution in [0.3, 0.4) is 0 Å². The summed E-state index contributed by atoms with van der Waals surface area (Å²) in [6.45, 7) is 6.09. The smallest absolute Gasteiger partial charge is 0.306 e. The van der Waals surface area contributed by atoms with E-state index in [1.807, 2.05) is 72.3 Å². The molecule has 4 aliphatic carbocycles. The average Bonchev–Trinajstić information content (AvgIpc) is 1.59. The number of piperidine rings is 2. The maximum Gasteiger partial charge on any atom is 0.306 e. The van der Waals surface area contributed by atoms with Gasteiger partial charge in [-0.2, -0.15) is 0 Å². The van der Waals surface area contributed by atoms with Crippen molar-refractivity contribution in [1.82, 2.24) is 59.7 Å². The van der Waals surface area contributed by atoms with Gasteiger partial charge in [0.05, 0.1) is 64.6 Å². The number of carbonyl (C=O) groups is 10. The molecule has 119 heavy (non-hydrogen) atoms. The van der Waals surface area contributed by atoms with Gasteiger partial charge in [-0.3, -0.25) is 78.3 Å². The number of aryl methyl sites for hydroxylation is 2. The van der Waals surface area contributed by atoms with Crippen molar-refractivity contribution in [2.75, 3.05) is 52.6 Å². The molecule has 29 nitrogen and oxygen atoms in total. The van der Waals surface area contributed by atoms with Crippen LogP contribution in [0.5, 0.6) is 23.3 Å². The van der Waals surface area contributed by atoms with E-state index in [1.165, 1.54) is 10.8 Å². The van der Waals surface area contributed by atoms with E-state index in [-0.39, 0.29) is 89.4 Å². The highest BCUT2D eigenvalue weighted by atomic mass is 16.5. The predicted molar refractivity (Wildman–Crippen MR) is 433 cm³/mol. The van der Waals surface area contributed by atoms with E-state index in [4.69, 9.17) is 33.5 Å². The number of amides is 9. The lowest BCUT2D eigenvalue weighted by molar-refractivity contribution is -0.178. The van der Waals surface area contributed by atoms with Crippen LogP contribution >= 0.6 is 0 Å². The third-order valence-corrected chi connectivity index (χ3v) is 25.4. The van der Waals surface area contributed by atoms with Crippen molar-refractivity contribution >= 4 is 103 Å². The lowest BCUT2D eigenvalue weighted by Gasteiger charge is -2.59. The molecule has 2 atom stereocenters. The Morgan fingerprint density at radius 2 is 0.899 bits per heavy atom. The minimum atomic E-state index is -0.999. The van der Waals surface area contributed by atoms with Crippen LogP contribution < -0.4 is 34.9 Å². The molecule has 4 aromatic carbocycles. The number of carboxylic acids is 1. The number of carboxylic acid groups (broad SMARTS) is 1. The van der Waals surface area contributed by atoms with Crippen LogP contribution in [0, 0.1) is 22.7 Å². The lowest BCUT2D eigenvalue weighted by atomic mass is 9.61. The summed E-state index contributed by atoms with van der Waals surface area (Å²) >= 11 is 0. The van der Waals surface area contributed by atoms with Crippen LogP contribution in [-0.2, 0) is 52.3 Å². The summed E-state index contributed by atoms with van der Waals surface area (Å²) < 4.78 is 39.9. The zero-order valence-electron chi connectivity index (χ0n) is 65.9. The van der Waals surface area contributed by atoms with E-state index in [0.29, 0.717) is 80.3 Å². The average molecular weight is 1610 g/mol. The molecule has 2 unspecified atom stereocenters. The van der Waals surface area contributed by atoms with Crippen molar-refractivity contribution in [3.63, 3.8) is 0 Å². The van der Waals surface area contributed by atoms with Gasteiger partial charge in [0, 0.05) is 176 Å². The number of nitrogens with zero attached hydrogens (tertiary/aromatic N) is 9. The molecule has 29 heteroatoms. The number of unbranched alkanes of at least 4 members (excludes halogenated alkanes) is 2. The first kappa shape index (κ1) is 77.9.